The SMILES string of the molecule is O=C(NC1(C(=O)O)CCOCC1)C1CC(c2ccc(F)cc2)NN1. The van der Waals surface area contributed by atoms with E-state index >= 15 is 0 Å². The van der Waals surface area contributed by atoms with Gasteiger partial charge in [0.05, 0.1) is 0 Å². The van der Waals surface area contributed by atoms with E-state index < -0.39 is 17.6 Å². The number of hydrogen-bond acceptors (Lipinski definition) is 5. The van der Waals surface area contributed by atoms with Gasteiger partial charge in [0.15, 0.2) is 0 Å². The number of carboxylic acid groups (broad SMARTS) is 1. The minimum atomic E-state index is -1.27. The molecule has 2 heterocycles. The molecule has 0 saturated carbocycles. The van der Waals surface area contributed by atoms with E-state index in [1.165, 1.54) is 12.1 Å². The monoisotopic (exact) mass is 337 g/mol. The fraction of sp³-hybridized carbons (Fsp3) is 0.500. The Morgan fingerprint density at radius 1 is 1.21 bits per heavy atom. The minimum absolute atomic E-state index is 0.142. The summed E-state index contributed by atoms with van der Waals surface area (Å²) < 4.78 is 18.2. The maximum atomic E-state index is 13.0. The van der Waals surface area contributed by atoms with Crippen LogP contribution in [0.25, 0.3) is 0 Å². The molecule has 8 heteroatoms. The van der Waals surface area contributed by atoms with E-state index in [1.54, 1.807) is 12.1 Å². The van der Waals surface area contributed by atoms with Crippen molar-refractivity contribution in [2.45, 2.75) is 36.9 Å². The van der Waals surface area contributed by atoms with E-state index in [9.17, 15) is 19.1 Å². The summed E-state index contributed by atoms with van der Waals surface area (Å²) in [6.07, 6.45) is 0.939. The molecule has 0 aliphatic carbocycles. The van der Waals surface area contributed by atoms with Gasteiger partial charge in [-0.05, 0) is 24.1 Å². The van der Waals surface area contributed by atoms with Gasteiger partial charge in [0.1, 0.15) is 17.4 Å². The molecule has 130 valence electrons. The van der Waals surface area contributed by atoms with Crippen LogP contribution in [0.5, 0.6) is 0 Å². The normalized spacial score (nSPS) is 26.0. The number of carboxylic acids is 1. The first kappa shape index (κ1) is 16.8. The highest BCUT2D eigenvalue weighted by Crippen LogP contribution is 2.25. The lowest BCUT2D eigenvalue weighted by molar-refractivity contribution is -0.152. The molecule has 4 N–H and O–H groups in total. The molecule has 0 radical (unpaired) electrons. The van der Waals surface area contributed by atoms with E-state index in [1.807, 2.05) is 0 Å². The molecule has 1 aromatic rings. The van der Waals surface area contributed by atoms with Crippen molar-refractivity contribution in [3.63, 3.8) is 0 Å². The van der Waals surface area contributed by atoms with E-state index in [-0.39, 0.29) is 30.6 Å². The lowest BCUT2D eigenvalue weighted by Crippen LogP contribution is -2.60. The van der Waals surface area contributed by atoms with Gasteiger partial charge in [-0.15, -0.1) is 0 Å². The number of hydrazine groups is 1. The summed E-state index contributed by atoms with van der Waals surface area (Å²) in [4.78, 5) is 24.1. The van der Waals surface area contributed by atoms with E-state index in [0.29, 0.717) is 19.6 Å². The predicted octanol–water partition coefficient (Wildman–Crippen LogP) is 0.483. The van der Waals surface area contributed by atoms with Crippen molar-refractivity contribution < 1.29 is 23.8 Å². The summed E-state index contributed by atoms with van der Waals surface area (Å²) >= 11 is 0. The van der Waals surface area contributed by atoms with Crippen LogP contribution in [0, 0.1) is 5.82 Å². The van der Waals surface area contributed by atoms with Crippen molar-refractivity contribution in [2.75, 3.05) is 13.2 Å². The molecule has 2 saturated heterocycles. The Hall–Kier alpha value is -2.03. The van der Waals surface area contributed by atoms with Gasteiger partial charge >= 0.3 is 5.97 Å². The molecule has 7 nitrogen and oxygen atoms in total. The maximum Gasteiger partial charge on any atom is 0.329 e. The van der Waals surface area contributed by atoms with Crippen LogP contribution in [0.4, 0.5) is 4.39 Å². The number of amides is 1. The highest BCUT2D eigenvalue weighted by Gasteiger charge is 2.43. The largest absolute Gasteiger partial charge is 0.480 e. The molecule has 0 aromatic heterocycles. The standard InChI is InChI=1S/C16H20FN3O4/c17-11-3-1-10(2-4-11)12-9-13(20-19-12)14(21)18-16(15(22)23)5-7-24-8-6-16/h1-4,12-13,19-20H,5-9H2,(H,18,21)(H,22,23). The fourth-order valence-corrected chi connectivity index (χ4v) is 3.08. The number of ether oxygens (including phenoxy) is 1. The maximum absolute atomic E-state index is 13.0. The van der Waals surface area contributed by atoms with E-state index in [0.717, 1.165) is 5.56 Å². The third kappa shape index (κ3) is 3.40. The summed E-state index contributed by atoms with van der Waals surface area (Å²) in [5, 5.41) is 12.2. The van der Waals surface area contributed by atoms with Crippen LogP contribution in [0.2, 0.25) is 0 Å². The van der Waals surface area contributed by atoms with Crippen molar-refractivity contribution >= 4 is 11.9 Å². The molecule has 3 rings (SSSR count). The highest BCUT2D eigenvalue weighted by atomic mass is 19.1. The Kier molecular flexibility index (Phi) is 4.79. The minimum Gasteiger partial charge on any atom is -0.480 e. The van der Waals surface area contributed by atoms with E-state index in [2.05, 4.69) is 16.2 Å². The zero-order valence-electron chi connectivity index (χ0n) is 13.0. The first-order valence-corrected chi connectivity index (χ1v) is 7.90. The molecule has 2 fully saturated rings. The van der Waals surface area contributed by atoms with Gasteiger partial charge in [-0.1, -0.05) is 12.1 Å². The Morgan fingerprint density at radius 2 is 1.88 bits per heavy atom. The second-order valence-corrected chi connectivity index (χ2v) is 6.17. The molecular weight excluding hydrogens is 317 g/mol. The summed E-state index contributed by atoms with van der Waals surface area (Å²) in [7, 11) is 0. The summed E-state index contributed by atoms with van der Waals surface area (Å²) in [6, 6.07) is 5.35. The number of carbonyl (C=O) groups excluding carboxylic acids is 1. The topological polar surface area (TPSA) is 99.7 Å². The molecule has 2 atom stereocenters. The van der Waals surface area contributed by atoms with Crippen molar-refractivity contribution in [2.24, 2.45) is 0 Å². The average molecular weight is 337 g/mol. The first-order valence-electron chi connectivity index (χ1n) is 7.90. The fourth-order valence-electron chi connectivity index (χ4n) is 3.08. The zero-order valence-corrected chi connectivity index (χ0v) is 13.0. The molecule has 24 heavy (non-hydrogen) atoms. The number of aliphatic carboxylic acids is 1. The lowest BCUT2D eigenvalue weighted by atomic mass is 9.89. The first-order chi connectivity index (χ1) is 11.5. The highest BCUT2D eigenvalue weighted by molar-refractivity contribution is 5.89. The number of benzene rings is 1. The van der Waals surface area contributed by atoms with Gasteiger partial charge in [0, 0.05) is 32.1 Å². The Morgan fingerprint density at radius 3 is 2.50 bits per heavy atom. The van der Waals surface area contributed by atoms with Crippen molar-refractivity contribution in [1.82, 2.24) is 16.2 Å². The summed E-state index contributed by atoms with van der Waals surface area (Å²) in [6.45, 7) is 0.613. The molecule has 2 unspecified atom stereocenters. The molecule has 2 aliphatic rings. The number of nitrogens with one attached hydrogen (secondary N) is 3. The molecular formula is C16H20FN3O4. The van der Waals surface area contributed by atoms with E-state index in [4.69, 9.17) is 4.74 Å². The van der Waals surface area contributed by atoms with Crippen molar-refractivity contribution in [3.05, 3.63) is 35.6 Å². The van der Waals surface area contributed by atoms with Crippen LogP contribution in [0.1, 0.15) is 30.9 Å². The lowest BCUT2D eigenvalue weighted by Gasteiger charge is -2.34. The second-order valence-electron chi connectivity index (χ2n) is 6.17. The van der Waals surface area contributed by atoms with Crippen LogP contribution in [-0.2, 0) is 14.3 Å². The number of halogens is 1. The average Bonchev–Trinajstić information content (AvgIpc) is 3.06. The van der Waals surface area contributed by atoms with Crippen LogP contribution >= 0.6 is 0 Å². The third-order valence-electron chi connectivity index (χ3n) is 4.61. The number of rotatable bonds is 4. The van der Waals surface area contributed by atoms with Crippen LogP contribution in [-0.4, -0.2) is 41.8 Å². The summed E-state index contributed by atoms with van der Waals surface area (Å²) in [5.41, 5.74) is 5.47. The van der Waals surface area contributed by atoms with Crippen LogP contribution < -0.4 is 16.2 Å². The smallest absolute Gasteiger partial charge is 0.329 e. The Balaban J connectivity index is 1.63. The van der Waals surface area contributed by atoms with Crippen LogP contribution in [0.15, 0.2) is 24.3 Å². The molecule has 2 aliphatic heterocycles. The molecule has 0 bridgehead atoms. The quantitative estimate of drug-likeness (QED) is 0.638. The van der Waals surface area contributed by atoms with Gasteiger partial charge in [0.2, 0.25) is 5.91 Å². The number of carbonyl (C=O) groups is 2. The van der Waals surface area contributed by atoms with Gasteiger partial charge in [-0.3, -0.25) is 4.79 Å². The molecule has 1 amide bonds. The summed E-state index contributed by atoms with van der Waals surface area (Å²) in [5.74, 6) is -1.72. The number of hydrogen-bond donors (Lipinski definition) is 4. The second kappa shape index (κ2) is 6.84. The van der Waals surface area contributed by atoms with Crippen molar-refractivity contribution in [3.8, 4) is 0 Å². The third-order valence-corrected chi connectivity index (χ3v) is 4.61. The van der Waals surface area contributed by atoms with Crippen molar-refractivity contribution in [1.29, 1.82) is 0 Å². The molecule has 0 spiro atoms. The Bertz CT molecular complexity index is 616. The zero-order chi connectivity index (χ0) is 17.2. The van der Waals surface area contributed by atoms with Gasteiger partial charge in [-0.25, -0.2) is 20.0 Å². The van der Waals surface area contributed by atoms with Gasteiger partial charge in [0.25, 0.3) is 0 Å². The Labute approximate surface area is 138 Å². The van der Waals surface area contributed by atoms with Crippen LogP contribution in [0.3, 0.4) is 0 Å². The van der Waals surface area contributed by atoms with Gasteiger partial charge in [-0.2, -0.15) is 0 Å². The predicted molar refractivity (Wildman–Crippen MR) is 82.4 cm³/mol. The molecule has 1 aromatic carbocycles. The van der Waals surface area contributed by atoms with Gasteiger partial charge < -0.3 is 15.2 Å².